The smallest absolute Gasteiger partial charge is 0.417 e. The van der Waals surface area contributed by atoms with Gasteiger partial charge in [-0.15, -0.1) is 0 Å². The Kier molecular flexibility index (Phi) is 6.60. The largest absolute Gasteiger partial charge is 0.484 e. The van der Waals surface area contributed by atoms with Crippen LogP contribution in [-0.2, 0) is 20.8 Å². The van der Waals surface area contributed by atoms with Gasteiger partial charge in [0.2, 0.25) is 0 Å². The molecule has 0 aliphatic carbocycles. The third kappa shape index (κ3) is 5.42. The lowest BCUT2D eigenvalue weighted by Crippen LogP contribution is -2.38. The van der Waals surface area contributed by atoms with Crippen LogP contribution in [-0.4, -0.2) is 48.9 Å². The molecule has 0 spiro atoms. The molecule has 1 amide bonds. The molecule has 2 aliphatic rings. The highest BCUT2D eigenvalue weighted by molar-refractivity contribution is 8.16. The second-order valence-electron chi connectivity index (χ2n) is 7.36. The van der Waals surface area contributed by atoms with Crippen molar-refractivity contribution in [2.75, 3.05) is 23.0 Å². The van der Waals surface area contributed by atoms with Crippen LogP contribution in [0.5, 0.6) is 5.75 Å². The Bertz CT molecular complexity index is 1220. The molecule has 0 radical (unpaired) electrons. The van der Waals surface area contributed by atoms with Crippen molar-refractivity contribution in [3.8, 4) is 5.75 Å². The van der Waals surface area contributed by atoms with E-state index in [9.17, 15) is 26.4 Å². The van der Waals surface area contributed by atoms with Crippen LogP contribution < -0.4 is 9.64 Å². The molecular formula is C20H15Cl2F3N2O4S2. The predicted molar refractivity (Wildman–Crippen MR) is 122 cm³/mol. The van der Waals surface area contributed by atoms with Crippen molar-refractivity contribution >= 4 is 61.6 Å². The van der Waals surface area contributed by atoms with Crippen LogP contribution in [0.2, 0.25) is 10.0 Å². The fourth-order valence-electron chi connectivity index (χ4n) is 3.56. The Morgan fingerprint density at radius 3 is 2.52 bits per heavy atom. The van der Waals surface area contributed by atoms with E-state index in [2.05, 4.69) is 4.99 Å². The van der Waals surface area contributed by atoms with Gasteiger partial charge in [-0.1, -0.05) is 35.0 Å². The zero-order valence-electron chi connectivity index (χ0n) is 16.6. The van der Waals surface area contributed by atoms with E-state index in [1.807, 2.05) is 0 Å². The van der Waals surface area contributed by atoms with Gasteiger partial charge in [0.05, 0.1) is 28.1 Å². The summed E-state index contributed by atoms with van der Waals surface area (Å²) < 4.78 is 69.8. The molecule has 0 N–H and O–H groups in total. The molecule has 0 unspecified atom stereocenters. The number of carbonyl (C=O) groups excluding carboxylic acids is 1. The number of ether oxygens (including phenoxy) is 1. The quantitative estimate of drug-likeness (QED) is 0.561. The molecule has 2 atom stereocenters. The summed E-state index contributed by atoms with van der Waals surface area (Å²) in [7, 11) is -3.38. The first kappa shape index (κ1) is 24.2. The monoisotopic (exact) mass is 538 g/mol. The number of hydrogen-bond acceptors (Lipinski definition) is 5. The minimum Gasteiger partial charge on any atom is -0.484 e. The van der Waals surface area contributed by atoms with Gasteiger partial charge in [-0.3, -0.25) is 4.79 Å². The summed E-state index contributed by atoms with van der Waals surface area (Å²) in [5.41, 5.74) is -1.01. The molecule has 2 aromatic carbocycles. The number of sulfone groups is 1. The number of benzene rings is 2. The lowest BCUT2D eigenvalue weighted by Gasteiger charge is -2.25. The Morgan fingerprint density at radius 1 is 1.15 bits per heavy atom. The number of anilines is 1. The summed E-state index contributed by atoms with van der Waals surface area (Å²) in [4.78, 5) is 17.8. The first-order valence-electron chi connectivity index (χ1n) is 9.46. The Labute approximate surface area is 201 Å². The topological polar surface area (TPSA) is 76.0 Å². The fraction of sp³-hybridized carbons (Fsp3) is 0.300. The summed E-state index contributed by atoms with van der Waals surface area (Å²) in [5.74, 6) is -0.708. The molecule has 0 bridgehead atoms. The van der Waals surface area contributed by atoms with Crippen molar-refractivity contribution in [3.05, 3.63) is 58.1 Å². The lowest BCUT2D eigenvalue weighted by atomic mass is 10.1. The van der Waals surface area contributed by atoms with Gasteiger partial charge < -0.3 is 9.64 Å². The number of fused-ring (bicyclic) bond motifs is 1. The summed E-state index contributed by atoms with van der Waals surface area (Å²) in [5, 5.41) is -0.349. The summed E-state index contributed by atoms with van der Waals surface area (Å²) in [6.07, 6.45) is -4.71. The molecular weight excluding hydrogens is 524 g/mol. The van der Waals surface area contributed by atoms with Gasteiger partial charge in [-0.25, -0.2) is 8.42 Å². The fourth-order valence-corrected chi connectivity index (χ4v) is 7.84. The highest BCUT2D eigenvalue weighted by Gasteiger charge is 2.49. The van der Waals surface area contributed by atoms with Crippen LogP contribution in [0.25, 0.3) is 0 Å². The summed E-state index contributed by atoms with van der Waals surface area (Å²) in [6, 6.07) is 8.92. The molecule has 0 saturated carbocycles. The highest BCUT2D eigenvalue weighted by Crippen LogP contribution is 2.43. The zero-order chi connectivity index (χ0) is 24.0. The second kappa shape index (κ2) is 9.01. The Balaban J connectivity index is 1.63. The van der Waals surface area contributed by atoms with Gasteiger partial charge in [-0.05, 0) is 42.5 Å². The number of rotatable bonds is 4. The standard InChI is InChI=1S/C20H15Cl2F3N2O4S2/c21-11-1-4-13(5-2-11)31-8-18(28)26-19-27(16-9-33(29,30)10-17(16)32-19)12-3-6-15(22)14(7-12)20(23,24)25/h1-7,16-17H,8-10H2/t16-,17-/m0/s1. The molecule has 4 rings (SSSR count). The number of amidine groups is 1. The van der Waals surface area contributed by atoms with Crippen LogP contribution in [0, 0.1) is 0 Å². The molecule has 2 saturated heterocycles. The maximum atomic E-state index is 13.4. The number of halogens is 5. The van der Waals surface area contributed by atoms with Gasteiger partial charge in [0.15, 0.2) is 21.6 Å². The van der Waals surface area contributed by atoms with E-state index in [1.54, 1.807) is 24.3 Å². The lowest BCUT2D eigenvalue weighted by molar-refractivity contribution is -0.137. The number of nitrogens with zero attached hydrogens (tertiary/aromatic N) is 2. The first-order valence-corrected chi connectivity index (χ1v) is 12.9. The van der Waals surface area contributed by atoms with Crippen molar-refractivity contribution in [2.24, 2.45) is 4.99 Å². The van der Waals surface area contributed by atoms with Crippen molar-refractivity contribution in [1.29, 1.82) is 0 Å². The number of alkyl halides is 3. The molecule has 176 valence electrons. The highest BCUT2D eigenvalue weighted by atomic mass is 35.5. The van der Waals surface area contributed by atoms with E-state index in [0.29, 0.717) is 10.8 Å². The molecule has 2 heterocycles. The number of hydrogen-bond donors (Lipinski definition) is 0. The van der Waals surface area contributed by atoms with E-state index in [-0.39, 0.29) is 22.4 Å². The van der Waals surface area contributed by atoms with Gasteiger partial charge in [0, 0.05) is 16.0 Å². The van der Waals surface area contributed by atoms with Crippen LogP contribution in [0.4, 0.5) is 18.9 Å². The normalized spacial score (nSPS) is 23.1. The minimum absolute atomic E-state index is 0.0500. The second-order valence-corrected chi connectivity index (χ2v) is 11.6. The Hall–Kier alpha value is -1.95. The van der Waals surface area contributed by atoms with Crippen molar-refractivity contribution in [1.82, 2.24) is 0 Å². The van der Waals surface area contributed by atoms with Crippen LogP contribution in [0.3, 0.4) is 0 Å². The van der Waals surface area contributed by atoms with Gasteiger partial charge in [0.25, 0.3) is 5.91 Å². The van der Waals surface area contributed by atoms with Crippen molar-refractivity contribution < 1.29 is 31.1 Å². The van der Waals surface area contributed by atoms with Crippen LogP contribution >= 0.6 is 35.0 Å². The average Bonchev–Trinajstić information content (AvgIpc) is 3.18. The average molecular weight is 539 g/mol. The van der Waals surface area contributed by atoms with E-state index >= 15 is 0 Å². The van der Waals surface area contributed by atoms with Crippen LogP contribution in [0.1, 0.15) is 5.56 Å². The van der Waals surface area contributed by atoms with Crippen molar-refractivity contribution in [2.45, 2.75) is 17.5 Å². The number of aliphatic imine (C=N–C) groups is 1. The third-order valence-electron chi connectivity index (χ3n) is 5.00. The number of amides is 1. The summed E-state index contributed by atoms with van der Waals surface area (Å²) in [6.45, 7) is -0.415. The van der Waals surface area contributed by atoms with E-state index in [4.69, 9.17) is 27.9 Å². The van der Waals surface area contributed by atoms with E-state index in [0.717, 1.165) is 23.9 Å². The minimum atomic E-state index is -4.71. The Morgan fingerprint density at radius 2 is 1.85 bits per heavy atom. The summed E-state index contributed by atoms with van der Waals surface area (Å²) >= 11 is 12.6. The maximum Gasteiger partial charge on any atom is 0.417 e. The molecule has 0 aromatic heterocycles. The van der Waals surface area contributed by atoms with Crippen LogP contribution in [0.15, 0.2) is 47.5 Å². The maximum absolute atomic E-state index is 13.4. The number of carbonyl (C=O) groups is 1. The molecule has 13 heteroatoms. The van der Waals surface area contributed by atoms with E-state index < -0.39 is 50.4 Å². The van der Waals surface area contributed by atoms with Gasteiger partial charge >= 0.3 is 6.18 Å². The number of thioether (sulfide) groups is 1. The third-order valence-corrected chi connectivity index (χ3v) is 8.79. The van der Waals surface area contributed by atoms with E-state index in [1.165, 1.54) is 11.0 Å². The molecule has 2 fully saturated rings. The predicted octanol–water partition coefficient (Wildman–Crippen LogP) is 4.69. The molecule has 2 aliphatic heterocycles. The van der Waals surface area contributed by atoms with Gasteiger partial charge in [-0.2, -0.15) is 18.2 Å². The molecule has 2 aromatic rings. The molecule has 6 nitrogen and oxygen atoms in total. The zero-order valence-corrected chi connectivity index (χ0v) is 19.7. The molecule has 33 heavy (non-hydrogen) atoms. The van der Waals surface area contributed by atoms with Crippen molar-refractivity contribution in [3.63, 3.8) is 0 Å². The van der Waals surface area contributed by atoms with Gasteiger partial charge in [0.1, 0.15) is 5.75 Å². The first-order chi connectivity index (χ1) is 15.4. The SMILES string of the molecule is O=C(COc1ccc(Cl)cc1)N=C1S[C@H]2CS(=O)(=O)C[C@@H]2N1c1ccc(Cl)c(C(F)(F)F)c1.